The fourth-order valence-corrected chi connectivity index (χ4v) is 1.74. The van der Waals surface area contributed by atoms with Crippen LogP contribution >= 0.6 is 11.6 Å². The van der Waals surface area contributed by atoms with Gasteiger partial charge in [-0.25, -0.2) is 4.79 Å². The predicted molar refractivity (Wildman–Crippen MR) is 54.4 cm³/mol. The van der Waals surface area contributed by atoms with Gasteiger partial charge in [-0.2, -0.15) is 0 Å². The van der Waals surface area contributed by atoms with Crippen LogP contribution in [0.3, 0.4) is 0 Å². The third-order valence-corrected chi connectivity index (χ3v) is 2.74. The summed E-state index contributed by atoms with van der Waals surface area (Å²) in [5.74, 6) is 0. The van der Waals surface area contributed by atoms with Gasteiger partial charge in [0, 0.05) is 17.6 Å². The molecule has 2 atom stereocenters. The van der Waals surface area contributed by atoms with E-state index in [0.717, 1.165) is 4.90 Å². The maximum Gasteiger partial charge on any atom is 0.412 e. The van der Waals surface area contributed by atoms with Gasteiger partial charge < -0.3 is 9.84 Å². The van der Waals surface area contributed by atoms with E-state index in [-0.39, 0.29) is 0 Å². The lowest BCUT2D eigenvalue weighted by atomic mass is 10.1. The van der Waals surface area contributed by atoms with Crippen molar-refractivity contribution >= 4 is 17.7 Å². The first-order valence-corrected chi connectivity index (χ1v) is 4.85. The van der Waals surface area contributed by atoms with Gasteiger partial charge in [-0.15, -0.1) is 0 Å². The normalized spacial score (nSPS) is 25.5. The predicted octanol–water partition coefficient (Wildman–Crippen LogP) is 1.78. The number of carbonyl (C=O) groups excluding carboxylic acids is 1. The number of amides is 1. The molecule has 0 saturated carbocycles. The van der Waals surface area contributed by atoms with Gasteiger partial charge in [-0.05, 0) is 6.07 Å². The van der Waals surface area contributed by atoms with Crippen molar-refractivity contribution in [2.24, 2.45) is 0 Å². The Labute approximate surface area is 92.0 Å². The van der Waals surface area contributed by atoms with E-state index in [1.165, 1.54) is 7.05 Å². The van der Waals surface area contributed by atoms with Gasteiger partial charge in [0.1, 0.15) is 0 Å². The maximum atomic E-state index is 11.2. The molecule has 0 radical (unpaired) electrons. The van der Waals surface area contributed by atoms with Crippen molar-refractivity contribution in [1.82, 2.24) is 4.90 Å². The number of aliphatic hydroxyl groups is 1. The Bertz CT molecular complexity index is 396. The summed E-state index contributed by atoms with van der Waals surface area (Å²) in [5, 5.41) is 10.2. The lowest BCUT2D eigenvalue weighted by Gasteiger charge is -2.16. The van der Waals surface area contributed by atoms with Crippen molar-refractivity contribution in [3.05, 3.63) is 34.9 Å². The first-order valence-electron chi connectivity index (χ1n) is 4.47. The summed E-state index contributed by atoms with van der Waals surface area (Å²) in [7, 11) is 1.48. The van der Waals surface area contributed by atoms with Crippen molar-refractivity contribution in [1.29, 1.82) is 0 Å². The molecule has 0 unspecified atom stereocenters. The molecule has 1 aliphatic rings. The summed E-state index contributed by atoms with van der Waals surface area (Å²) in [5.41, 5.74) is 0.615. The third kappa shape index (κ3) is 1.66. The van der Waals surface area contributed by atoms with Crippen molar-refractivity contribution < 1.29 is 14.6 Å². The zero-order chi connectivity index (χ0) is 11.0. The maximum absolute atomic E-state index is 11.2. The van der Waals surface area contributed by atoms with E-state index in [0.29, 0.717) is 10.6 Å². The molecule has 1 aromatic carbocycles. The lowest BCUT2D eigenvalue weighted by molar-refractivity contribution is 0.0222. The highest BCUT2D eigenvalue weighted by molar-refractivity contribution is 6.31. The second-order valence-corrected chi connectivity index (χ2v) is 3.76. The van der Waals surface area contributed by atoms with E-state index in [1.807, 2.05) is 0 Å². The fourth-order valence-electron chi connectivity index (χ4n) is 1.49. The lowest BCUT2D eigenvalue weighted by Crippen LogP contribution is -2.29. The van der Waals surface area contributed by atoms with Crippen LogP contribution in [0.25, 0.3) is 0 Å². The van der Waals surface area contributed by atoms with E-state index in [9.17, 15) is 9.90 Å². The van der Waals surface area contributed by atoms with Crippen LogP contribution in [0.2, 0.25) is 5.02 Å². The average molecular weight is 228 g/mol. The zero-order valence-corrected chi connectivity index (χ0v) is 8.81. The monoisotopic (exact) mass is 227 g/mol. The van der Waals surface area contributed by atoms with E-state index in [4.69, 9.17) is 16.3 Å². The van der Waals surface area contributed by atoms with Crippen molar-refractivity contribution in [3.63, 3.8) is 0 Å². The molecule has 5 heteroatoms. The van der Waals surface area contributed by atoms with Crippen LogP contribution in [0.15, 0.2) is 24.3 Å². The highest BCUT2D eigenvalue weighted by Crippen LogP contribution is 2.33. The minimum Gasteiger partial charge on any atom is -0.436 e. The summed E-state index contributed by atoms with van der Waals surface area (Å²) in [6, 6.07) is 6.97. The van der Waals surface area contributed by atoms with Gasteiger partial charge in [0.25, 0.3) is 0 Å². The average Bonchev–Trinajstić information content (AvgIpc) is 2.47. The minimum atomic E-state index is -0.989. The molecule has 15 heavy (non-hydrogen) atoms. The highest BCUT2D eigenvalue weighted by atomic mass is 35.5. The molecule has 4 nitrogen and oxygen atoms in total. The molecule has 1 heterocycles. The summed E-state index contributed by atoms with van der Waals surface area (Å²) in [6.45, 7) is 0. The molecule has 2 rings (SSSR count). The minimum absolute atomic E-state index is 0.477. The van der Waals surface area contributed by atoms with E-state index >= 15 is 0 Å². The summed E-state index contributed by atoms with van der Waals surface area (Å²) >= 11 is 5.94. The van der Waals surface area contributed by atoms with E-state index in [2.05, 4.69) is 0 Å². The second kappa shape index (κ2) is 3.72. The van der Waals surface area contributed by atoms with Crippen molar-refractivity contribution in [2.45, 2.75) is 12.3 Å². The number of ether oxygens (including phenoxy) is 1. The summed E-state index contributed by atoms with van der Waals surface area (Å²) in [4.78, 5) is 12.3. The molecule has 0 aromatic heterocycles. The number of hydrogen-bond acceptors (Lipinski definition) is 3. The standard InChI is InChI=1S/C10H10ClNO3/c1-12-9(13)8(15-10(12)14)6-4-2-3-5-7(6)11/h2-5,8-9,13H,1H3/t8-,9+/m0/s1. The quantitative estimate of drug-likeness (QED) is 0.796. The Kier molecular flexibility index (Phi) is 2.54. The molecular formula is C10H10ClNO3. The Morgan fingerprint density at radius 2 is 2.13 bits per heavy atom. The molecular weight excluding hydrogens is 218 g/mol. The molecule has 0 spiro atoms. The number of carbonyl (C=O) groups is 1. The van der Waals surface area contributed by atoms with Gasteiger partial charge in [-0.3, -0.25) is 4.90 Å². The Balaban J connectivity index is 2.34. The molecule has 1 fully saturated rings. The van der Waals surface area contributed by atoms with Crippen LogP contribution in [-0.2, 0) is 4.74 Å². The van der Waals surface area contributed by atoms with Gasteiger partial charge >= 0.3 is 6.09 Å². The number of rotatable bonds is 1. The topological polar surface area (TPSA) is 49.8 Å². The number of hydrogen-bond donors (Lipinski definition) is 1. The number of cyclic esters (lactones) is 1. The first kappa shape index (κ1) is 10.3. The van der Waals surface area contributed by atoms with Crippen molar-refractivity contribution in [2.75, 3.05) is 7.05 Å². The van der Waals surface area contributed by atoms with E-state index < -0.39 is 18.4 Å². The fraction of sp³-hybridized carbons (Fsp3) is 0.300. The van der Waals surface area contributed by atoms with Crippen LogP contribution in [0, 0.1) is 0 Å². The van der Waals surface area contributed by atoms with Gasteiger partial charge in [-0.1, -0.05) is 29.8 Å². The molecule has 0 bridgehead atoms. The van der Waals surface area contributed by atoms with Gasteiger partial charge in [0.05, 0.1) is 0 Å². The largest absolute Gasteiger partial charge is 0.436 e. The molecule has 1 aromatic rings. The molecule has 1 saturated heterocycles. The van der Waals surface area contributed by atoms with Crippen LogP contribution in [0.4, 0.5) is 4.79 Å². The number of nitrogens with zero attached hydrogens (tertiary/aromatic N) is 1. The SMILES string of the molecule is CN1C(=O)O[C@@H](c2ccccc2Cl)[C@H]1O. The molecule has 1 amide bonds. The molecule has 1 aliphatic heterocycles. The number of likely N-dealkylation sites (N-methyl/N-ethyl adjacent to an activating group) is 1. The number of halogens is 1. The number of aliphatic hydroxyl groups excluding tert-OH is 1. The summed E-state index contributed by atoms with van der Waals surface area (Å²) in [6.07, 6.45) is -2.25. The zero-order valence-electron chi connectivity index (χ0n) is 8.05. The smallest absolute Gasteiger partial charge is 0.412 e. The van der Waals surface area contributed by atoms with Gasteiger partial charge in [0.15, 0.2) is 12.3 Å². The summed E-state index contributed by atoms with van der Waals surface area (Å²) < 4.78 is 5.01. The van der Waals surface area contributed by atoms with Gasteiger partial charge in [0.2, 0.25) is 0 Å². The van der Waals surface area contributed by atoms with Crippen molar-refractivity contribution in [3.8, 4) is 0 Å². The second-order valence-electron chi connectivity index (χ2n) is 3.35. The van der Waals surface area contributed by atoms with E-state index in [1.54, 1.807) is 24.3 Å². The third-order valence-electron chi connectivity index (χ3n) is 2.40. The Morgan fingerprint density at radius 1 is 1.47 bits per heavy atom. The van der Waals surface area contributed by atoms with Crippen LogP contribution in [0.5, 0.6) is 0 Å². The molecule has 0 aliphatic carbocycles. The van der Waals surface area contributed by atoms with Crippen LogP contribution < -0.4 is 0 Å². The Hall–Kier alpha value is -1.26. The Morgan fingerprint density at radius 3 is 2.67 bits per heavy atom. The first-order chi connectivity index (χ1) is 7.11. The van der Waals surface area contributed by atoms with Crippen LogP contribution in [-0.4, -0.2) is 29.4 Å². The highest BCUT2D eigenvalue weighted by Gasteiger charge is 2.39. The number of benzene rings is 1. The molecule has 1 N–H and O–H groups in total. The van der Waals surface area contributed by atoms with Crippen LogP contribution in [0.1, 0.15) is 11.7 Å². The molecule has 80 valence electrons.